The van der Waals surface area contributed by atoms with Crippen molar-refractivity contribution in [1.29, 1.82) is 0 Å². The molecule has 1 aliphatic rings. The number of nitrogens with one attached hydrogen (secondary N) is 2. The van der Waals surface area contributed by atoms with Crippen LogP contribution in [0.5, 0.6) is 0 Å². The molecule has 2 atom stereocenters. The molecule has 0 unspecified atom stereocenters. The van der Waals surface area contributed by atoms with Gasteiger partial charge in [-0.25, -0.2) is 4.79 Å². The van der Waals surface area contributed by atoms with Crippen LogP contribution in [-0.4, -0.2) is 60.8 Å². The van der Waals surface area contributed by atoms with Crippen LogP contribution in [0.1, 0.15) is 29.5 Å². The van der Waals surface area contributed by atoms with Gasteiger partial charge >= 0.3 is 6.09 Å². The van der Waals surface area contributed by atoms with Gasteiger partial charge in [-0.05, 0) is 20.3 Å². The summed E-state index contributed by atoms with van der Waals surface area (Å²) >= 11 is 12.1. The zero-order chi connectivity index (χ0) is 17.9. The number of aromatic nitrogens is 1. The summed E-state index contributed by atoms with van der Waals surface area (Å²) < 4.78 is 10.4. The van der Waals surface area contributed by atoms with Crippen molar-refractivity contribution in [2.75, 3.05) is 26.8 Å². The fourth-order valence-corrected chi connectivity index (χ4v) is 3.09. The minimum absolute atomic E-state index is 0.199. The number of H-pyrrole nitrogens is 1. The monoisotopic (exact) mass is 377 g/mol. The second-order valence-electron chi connectivity index (χ2n) is 5.54. The van der Waals surface area contributed by atoms with E-state index in [1.165, 1.54) is 0 Å². The number of piperidine rings is 1. The highest BCUT2D eigenvalue weighted by Gasteiger charge is 2.34. The molecule has 2 rings (SSSR count). The molecule has 2 heterocycles. The van der Waals surface area contributed by atoms with Crippen LogP contribution in [0.15, 0.2) is 0 Å². The number of likely N-dealkylation sites (tertiary alicyclic amines) is 1. The summed E-state index contributed by atoms with van der Waals surface area (Å²) in [7, 11) is 1.54. The number of aryl methyl sites for hydroxylation is 1. The van der Waals surface area contributed by atoms with Gasteiger partial charge in [-0.2, -0.15) is 0 Å². The van der Waals surface area contributed by atoms with E-state index in [2.05, 4.69) is 10.3 Å². The molecule has 0 radical (unpaired) electrons. The number of nitrogens with zero attached hydrogens (tertiary/aromatic N) is 1. The molecular weight excluding hydrogens is 357 g/mol. The fourth-order valence-electron chi connectivity index (χ4n) is 2.67. The molecule has 7 nitrogen and oxygen atoms in total. The quantitative estimate of drug-likeness (QED) is 0.844. The van der Waals surface area contributed by atoms with Crippen LogP contribution in [0.4, 0.5) is 4.79 Å². The highest BCUT2D eigenvalue weighted by molar-refractivity contribution is 6.44. The van der Waals surface area contributed by atoms with E-state index in [0.717, 1.165) is 0 Å². The fraction of sp³-hybridized carbons (Fsp3) is 0.600. The van der Waals surface area contributed by atoms with E-state index < -0.39 is 0 Å². The highest BCUT2D eigenvalue weighted by Crippen LogP contribution is 2.29. The third kappa shape index (κ3) is 3.96. The summed E-state index contributed by atoms with van der Waals surface area (Å²) in [4.78, 5) is 28.7. The van der Waals surface area contributed by atoms with Crippen LogP contribution < -0.4 is 5.32 Å². The van der Waals surface area contributed by atoms with Crippen molar-refractivity contribution in [2.45, 2.75) is 32.4 Å². The van der Waals surface area contributed by atoms with Crippen molar-refractivity contribution in [3.05, 3.63) is 21.4 Å². The summed E-state index contributed by atoms with van der Waals surface area (Å²) in [6, 6.07) is -0.244. The smallest absolute Gasteiger partial charge is 0.409 e. The molecule has 1 fully saturated rings. The van der Waals surface area contributed by atoms with Crippen LogP contribution in [0.25, 0.3) is 0 Å². The molecule has 0 spiro atoms. The molecule has 1 aromatic heterocycles. The molecule has 0 aromatic carbocycles. The minimum atomic E-state index is -0.376. The second-order valence-corrected chi connectivity index (χ2v) is 6.30. The molecule has 0 saturated carbocycles. The lowest BCUT2D eigenvalue weighted by Gasteiger charge is -2.37. The predicted molar refractivity (Wildman–Crippen MR) is 90.8 cm³/mol. The topological polar surface area (TPSA) is 83.7 Å². The van der Waals surface area contributed by atoms with E-state index in [9.17, 15) is 9.59 Å². The standard InChI is InChI=1S/C15H21Cl2N3O4/c1-4-24-15(22)20-6-5-9(10(7-20)23-3)19-14(21)13-12(17)11(16)8(2)18-13/h9-10,18H,4-7H2,1-3H3,(H,19,21)/t9-,10+/m0/s1. The molecule has 134 valence electrons. The maximum atomic E-state index is 12.4. The maximum Gasteiger partial charge on any atom is 0.409 e. The SMILES string of the molecule is CCOC(=O)N1CC[C@H](NC(=O)c2[nH]c(C)c(Cl)c2Cl)[C@H](OC)C1. The number of halogens is 2. The van der Waals surface area contributed by atoms with E-state index in [-0.39, 0.29) is 34.9 Å². The Kier molecular flexibility index (Phi) is 6.37. The van der Waals surface area contributed by atoms with Crippen LogP contribution in [0.2, 0.25) is 10.0 Å². The Morgan fingerprint density at radius 3 is 2.62 bits per heavy atom. The first kappa shape index (κ1) is 18.9. The van der Waals surface area contributed by atoms with Gasteiger partial charge in [-0.3, -0.25) is 4.79 Å². The highest BCUT2D eigenvalue weighted by atomic mass is 35.5. The first-order chi connectivity index (χ1) is 11.4. The number of aromatic amines is 1. The first-order valence-corrected chi connectivity index (χ1v) is 8.43. The Morgan fingerprint density at radius 1 is 1.38 bits per heavy atom. The Morgan fingerprint density at radius 2 is 2.08 bits per heavy atom. The molecule has 0 aliphatic carbocycles. The maximum absolute atomic E-state index is 12.4. The van der Waals surface area contributed by atoms with E-state index in [1.807, 2.05) is 0 Å². The Labute approximate surface area is 150 Å². The van der Waals surface area contributed by atoms with Gasteiger partial charge in [0.15, 0.2) is 0 Å². The largest absolute Gasteiger partial charge is 0.450 e. The summed E-state index contributed by atoms with van der Waals surface area (Å²) in [6.45, 7) is 4.63. The second kappa shape index (κ2) is 8.09. The Bertz CT molecular complexity index is 620. The van der Waals surface area contributed by atoms with Gasteiger partial charge in [0, 0.05) is 19.3 Å². The molecule has 0 bridgehead atoms. The van der Waals surface area contributed by atoms with Gasteiger partial charge in [-0.1, -0.05) is 23.2 Å². The number of rotatable bonds is 4. The van der Waals surface area contributed by atoms with Crippen LogP contribution in [0, 0.1) is 6.92 Å². The van der Waals surface area contributed by atoms with Gasteiger partial charge in [0.25, 0.3) is 5.91 Å². The molecule has 1 aliphatic heterocycles. The van der Waals surface area contributed by atoms with Gasteiger partial charge in [0.1, 0.15) is 5.69 Å². The number of amides is 2. The zero-order valence-corrected chi connectivity index (χ0v) is 15.3. The Balaban J connectivity index is 2.03. The average molecular weight is 378 g/mol. The molecule has 1 saturated heterocycles. The summed E-state index contributed by atoms with van der Waals surface area (Å²) in [5.41, 5.74) is 0.856. The van der Waals surface area contributed by atoms with Crippen molar-refractivity contribution < 1.29 is 19.1 Å². The predicted octanol–water partition coefficient (Wildman–Crippen LogP) is 2.61. The number of carbonyl (C=O) groups excluding carboxylic acids is 2. The van der Waals surface area contributed by atoms with E-state index >= 15 is 0 Å². The molecule has 2 amide bonds. The lowest BCUT2D eigenvalue weighted by Crippen LogP contribution is -2.56. The molecular formula is C15H21Cl2N3O4. The van der Waals surface area contributed by atoms with Crippen LogP contribution >= 0.6 is 23.2 Å². The zero-order valence-electron chi connectivity index (χ0n) is 13.8. The van der Waals surface area contributed by atoms with E-state index in [0.29, 0.717) is 36.8 Å². The molecule has 9 heteroatoms. The third-order valence-electron chi connectivity index (χ3n) is 3.99. The molecule has 1 aromatic rings. The Hall–Kier alpha value is -1.44. The van der Waals surface area contributed by atoms with Crippen molar-refractivity contribution in [3.8, 4) is 0 Å². The summed E-state index contributed by atoms with van der Waals surface area (Å²) in [5, 5.41) is 3.43. The first-order valence-electron chi connectivity index (χ1n) is 7.67. The van der Waals surface area contributed by atoms with E-state index in [4.69, 9.17) is 32.7 Å². The van der Waals surface area contributed by atoms with Gasteiger partial charge in [0.2, 0.25) is 0 Å². The lowest BCUT2D eigenvalue weighted by molar-refractivity contribution is 0.00450. The van der Waals surface area contributed by atoms with Gasteiger partial charge < -0.3 is 24.7 Å². The lowest BCUT2D eigenvalue weighted by atomic mass is 10.0. The van der Waals surface area contributed by atoms with Crippen molar-refractivity contribution in [3.63, 3.8) is 0 Å². The molecule has 2 N–H and O–H groups in total. The minimum Gasteiger partial charge on any atom is -0.450 e. The number of hydrogen-bond donors (Lipinski definition) is 2. The number of carbonyl (C=O) groups is 2. The number of hydrogen-bond acceptors (Lipinski definition) is 4. The van der Waals surface area contributed by atoms with Gasteiger partial charge in [-0.15, -0.1) is 0 Å². The van der Waals surface area contributed by atoms with Crippen molar-refractivity contribution >= 4 is 35.2 Å². The number of ether oxygens (including phenoxy) is 2. The van der Waals surface area contributed by atoms with Crippen molar-refractivity contribution in [1.82, 2.24) is 15.2 Å². The van der Waals surface area contributed by atoms with Crippen LogP contribution in [-0.2, 0) is 9.47 Å². The average Bonchev–Trinajstić information content (AvgIpc) is 2.83. The van der Waals surface area contributed by atoms with E-state index in [1.54, 1.807) is 25.9 Å². The van der Waals surface area contributed by atoms with Gasteiger partial charge in [0.05, 0.1) is 35.3 Å². The van der Waals surface area contributed by atoms with Crippen molar-refractivity contribution in [2.24, 2.45) is 0 Å². The summed E-state index contributed by atoms with van der Waals surface area (Å²) in [5.74, 6) is -0.355. The molecule has 24 heavy (non-hydrogen) atoms. The third-order valence-corrected chi connectivity index (χ3v) is 4.93. The summed E-state index contributed by atoms with van der Waals surface area (Å²) in [6.07, 6.45) is -0.162. The normalized spacial score (nSPS) is 20.8. The number of methoxy groups -OCH3 is 1. The van der Waals surface area contributed by atoms with Crippen LogP contribution in [0.3, 0.4) is 0 Å².